The van der Waals surface area contributed by atoms with Crippen LogP contribution in [0.2, 0.25) is 0 Å². The zero-order valence-electron chi connectivity index (χ0n) is 9.47. The molecule has 0 bridgehead atoms. The largest absolute Gasteiger partial charge is 0.493 e. The third-order valence-electron chi connectivity index (χ3n) is 2.36. The number of ketones is 1. The summed E-state index contributed by atoms with van der Waals surface area (Å²) in [5.41, 5.74) is 2.34. The van der Waals surface area contributed by atoms with Crippen LogP contribution in [0.25, 0.3) is 0 Å². The molecule has 0 spiro atoms. The quantitative estimate of drug-likeness (QED) is 0.559. The Morgan fingerprint density at radius 3 is 3.11 bits per heavy atom. The van der Waals surface area contributed by atoms with Crippen molar-refractivity contribution in [3.05, 3.63) is 23.8 Å². The number of fused-ring (bicyclic) bond motifs is 1. The van der Waals surface area contributed by atoms with Crippen molar-refractivity contribution in [3.8, 4) is 11.5 Å². The predicted octanol–water partition coefficient (Wildman–Crippen LogP) is -0.0479. The van der Waals surface area contributed by atoms with Crippen molar-refractivity contribution < 1.29 is 23.9 Å². The third-order valence-corrected chi connectivity index (χ3v) is 2.36. The van der Waals surface area contributed by atoms with E-state index in [0.29, 0.717) is 17.1 Å². The first-order chi connectivity index (χ1) is 8.70. The SMILES string of the molecule is NNOC(=O)CCOc1ccc2c(c1)OCC2=O. The maximum absolute atomic E-state index is 11.3. The fourth-order valence-corrected chi connectivity index (χ4v) is 1.53. The Labute approximate surface area is 103 Å². The fraction of sp³-hybridized carbons (Fsp3) is 0.273. The second kappa shape index (κ2) is 5.48. The number of hydrogen-bond acceptors (Lipinski definition) is 7. The van der Waals surface area contributed by atoms with E-state index < -0.39 is 5.97 Å². The van der Waals surface area contributed by atoms with Crippen LogP contribution in [0.1, 0.15) is 16.8 Å². The summed E-state index contributed by atoms with van der Waals surface area (Å²) in [4.78, 5) is 26.6. The van der Waals surface area contributed by atoms with Gasteiger partial charge in [-0.25, -0.2) is 5.84 Å². The summed E-state index contributed by atoms with van der Waals surface area (Å²) in [6.45, 7) is 0.209. The summed E-state index contributed by atoms with van der Waals surface area (Å²) in [7, 11) is 0. The summed E-state index contributed by atoms with van der Waals surface area (Å²) in [5.74, 6) is 5.26. The number of carbonyl (C=O) groups excluding carboxylic acids is 2. The van der Waals surface area contributed by atoms with Crippen LogP contribution in [-0.2, 0) is 9.63 Å². The minimum absolute atomic E-state index is 0.0471. The number of carbonyl (C=O) groups is 2. The summed E-state index contributed by atoms with van der Waals surface area (Å²) < 4.78 is 10.5. The monoisotopic (exact) mass is 252 g/mol. The van der Waals surface area contributed by atoms with Gasteiger partial charge < -0.3 is 14.3 Å². The van der Waals surface area contributed by atoms with E-state index in [1.807, 2.05) is 0 Å². The Morgan fingerprint density at radius 1 is 1.50 bits per heavy atom. The fourth-order valence-electron chi connectivity index (χ4n) is 1.53. The van der Waals surface area contributed by atoms with Gasteiger partial charge in [0.15, 0.2) is 6.61 Å². The molecule has 0 saturated carbocycles. The molecular formula is C11H12N2O5. The van der Waals surface area contributed by atoms with Crippen molar-refractivity contribution in [2.75, 3.05) is 13.2 Å². The lowest BCUT2D eigenvalue weighted by Crippen LogP contribution is -2.26. The van der Waals surface area contributed by atoms with E-state index >= 15 is 0 Å². The number of hydrogen-bond donors (Lipinski definition) is 2. The molecule has 1 aliphatic rings. The molecule has 7 nitrogen and oxygen atoms in total. The van der Waals surface area contributed by atoms with Crippen LogP contribution in [0.4, 0.5) is 0 Å². The Hall–Kier alpha value is -2.12. The molecule has 1 aliphatic heterocycles. The molecule has 1 aromatic carbocycles. The molecule has 0 radical (unpaired) electrons. The standard InChI is InChI=1S/C11H12N2O5/c12-13-18-11(15)3-4-16-7-1-2-8-9(14)6-17-10(8)5-7/h1-2,5,13H,3-4,6,12H2. The number of hydrazine groups is 1. The van der Waals surface area contributed by atoms with Crippen LogP contribution in [0.3, 0.4) is 0 Å². The van der Waals surface area contributed by atoms with Gasteiger partial charge in [0.05, 0.1) is 18.6 Å². The number of Topliss-reactive ketones (excluding diaryl/α,β-unsaturated/α-hetero) is 1. The van der Waals surface area contributed by atoms with Crippen LogP contribution in [0.5, 0.6) is 11.5 Å². The molecule has 1 aromatic rings. The Morgan fingerprint density at radius 2 is 2.33 bits per heavy atom. The van der Waals surface area contributed by atoms with Crippen LogP contribution in [-0.4, -0.2) is 25.0 Å². The highest BCUT2D eigenvalue weighted by Crippen LogP contribution is 2.29. The average Bonchev–Trinajstić information content (AvgIpc) is 2.71. The molecule has 0 saturated heterocycles. The molecule has 7 heteroatoms. The summed E-state index contributed by atoms with van der Waals surface area (Å²) in [6, 6.07) is 4.91. The molecule has 0 aromatic heterocycles. The van der Waals surface area contributed by atoms with Crippen molar-refractivity contribution in [1.82, 2.24) is 5.59 Å². The van der Waals surface area contributed by atoms with Gasteiger partial charge in [0.25, 0.3) is 0 Å². The van der Waals surface area contributed by atoms with Crippen molar-refractivity contribution in [2.24, 2.45) is 5.84 Å². The zero-order chi connectivity index (χ0) is 13.0. The second-order valence-electron chi connectivity index (χ2n) is 3.56. The highest BCUT2D eigenvalue weighted by molar-refractivity contribution is 6.02. The van der Waals surface area contributed by atoms with E-state index in [1.54, 1.807) is 23.8 Å². The van der Waals surface area contributed by atoms with Crippen molar-refractivity contribution in [1.29, 1.82) is 0 Å². The normalized spacial score (nSPS) is 12.8. The van der Waals surface area contributed by atoms with Gasteiger partial charge in [-0.05, 0) is 12.1 Å². The number of ether oxygens (including phenoxy) is 2. The van der Waals surface area contributed by atoms with Gasteiger partial charge in [-0.3, -0.25) is 9.59 Å². The predicted molar refractivity (Wildman–Crippen MR) is 59.8 cm³/mol. The maximum Gasteiger partial charge on any atom is 0.329 e. The molecule has 2 rings (SSSR count). The Bertz CT molecular complexity index is 475. The second-order valence-corrected chi connectivity index (χ2v) is 3.56. The molecule has 0 aliphatic carbocycles. The van der Waals surface area contributed by atoms with Crippen molar-refractivity contribution in [2.45, 2.75) is 6.42 Å². The maximum atomic E-state index is 11.3. The van der Waals surface area contributed by atoms with E-state index in [9.17, 15) is 9.59 Å². The number of nitrogens with two attached hydrogens (primary N) is 1. The van der Waals surface area contributed by atoms with E-state index in [4.69, 9.17) is 15.3 Å². The minimum Gasteiger partial charge on any atom is -0.493 e. The van der Waals surface area contributed by atoms with Crippen LogP contribution < -0.4 is 20.9 Å². The average molecular weight is 252 g/mol. The van der Waals surface area contributed by atoms with Crippen molar-refractivity contribution >= 4 is 11.8 Å². The van der Waals surface area contributed by atoms with Crippen molar-refractivity contribution in [3.63, 3.8) is 0 Å². The zero-order valence-corrected chi connectivity index (χ0v) is 9.47. The molecule has 18 heavy (non-hydrogen) atoms. The van der Waals surface area contributed by atoms with E-state index in [0.717, 1.165) is 0 Å². The van der Waals surface area contributed by atoms with E-state index in [2.05, 4.69) is 4.84 Å². The third kappa shape index (κ3) is 2.76. The smallest absolute Gasteiger partial charge is 0.329 e. The number of nitrogens with one attached hydrogen (secondary N) is 1. The lowest BCUT2D eigenvalue weighted by atomic mass is 10.1. The van der Waals surface area contributed by atoms with Gasteiger partial charge >= 0.3 is 5.97 Å². The van der Waals surface area contributed by atoms with Crippen LogP contribution >= 0.6 is 0 Å². The molecule has 96 valence electrons. The molecule has 0 fully saturated rings. The number of rotatable bonds is 5. The van der Waals surface area contributed by atoms with Gasteiger partial charge in [0.1, 0.15) is 11.5 Å². The Kier molecular flexibility index (Phi) is 3.75. The highest BCUT2D eigenvalue weighted by Gasteiger charge is 2.21. The first kappa shape index (κ1) is 12.3. The van der Waals surface area contributed by atoms with Crippen LogP contribution in [0, 0.1) is 0 Å². The van der Waals surface area contributed by atoms with Crippen LogP contribution in [0.15, 0.2) is 18.2 Å². The van der Waals surface area contributed by atoms with Gasteiger partial charge in [-0.15, -0.1) is 0 Å². The molecule has 3 N–H and O–H groups in total. The van der Waals surface area contributed by atoms with Gasteiger partial charge in [0.2, 0.25) is 5.78 Å². The number of benzene rings is 1. The lowest BCUT2D eigenvalue weighted by Gasteiger charge is -2.06. The summed E-state index contributed by atoms with van der Waals surface area (Å²) in [5, 5.41) is 0. The first-order valence-electron chi connectivity index (χ1n) is 5.29. The topological polar surface area (TPSA) is 99.9 Å². The molecule has 0 amide bonds. The van der Waals surface area contributed by atoms with E-state index in [1.165, 1.54) is 0 Å². The molecule has 1 heterocycles. The molecule has 0 unspecified atom stereocenters. The van der Waals surface area contributed by atoms with Gasteiger partial charge in [-0.2, -0.15) is 0 Å². The lowest BCUT2D eigenvalue weighted by molar-refractivity contribution is -0.151. The molecular weight excluding hydrogens is 240 g/mol. The molecule has 0 atom stereocenters. The van der Waals surface area contributed by atoms with Gasteiger partial charge in [-0.1, -0.05) is 5.59 Å². The summed E-state index contributed by atoms with van der Waals surface area (Å²) >= 11 is 0. The Balaban J connectivity index is 1.88. The highest BCUT2D eigenvalue weighted by atomic mass is 16.7. The summed E-state index contributed by atoms with van der Waals surface area (Å²) in [6.07, 6.45) is 0.0566. The first-order valence-corrected chi connectivity index (χ1v) is 5.29. The minimum atomic E-state index is -0.523. The van der Waals surface area contributed by atoms with E-state index in [-0.39, 0.29) is 25.4 Å². The van der Waals surface area contributed by atoms with Gasteiger partial charge in [0, 0.05) is 6.07 Å².